The molecule has 10 heteroatoms. The number of hydrogen-bond acceptors (Lipinski definition) is 5. The third-order valence-corrected chi connectivity index (χ3v) is 7.98. The van der Waals surface area contributed by atoms with Crippen molar-refractivity contribution in [2.24, 2.45) is 29.6 Å². The molecule has 2 fully saturated rings. The summed E-state index contributed by atoms with van der Waals surface area (Å²) in [5.74, 6) is -4.73. The van der Waals surface area contributed by atoms with Crippen LogP contribution in [0.15, 0.2) is 41.9 Å². The lowest BCUT2D eigenvalue weighted by molar-refractivity contribution is -0.189. The second kappa shape index (κ2) is 11.7. The summed E-state index contributed by atoms with van der Waals surface area (Å²) in [6.07, 6.45) is 0.760. The van der Waals surface area contributed by atoms with Crippen LogP contribution in [0.2, 0.25) is 5.02 Å². The Hall–Kier alpha value is -2.68. The summed E-state index contributed by atoms with van der Waals surface area (Å²) in [5.41, 5.74) is 0.370. The Labute approximate surface area is 238 Å². The minimum Gasteiger partial charge on any atom is -0.486 e. The molecule has 3 aliphatic rings. The Bertz CT molecular complexity index is 1180. The maximum absolute atomic E-state index is 14.1. The van der Waals surface area contributed by atoms with Crippen LogP contribution in [0.4, 0.5) is 18.9 Å². The van der Waals surface area contributed by atoms with Crippen LogP contribution in [-0.2, 0) is 23.8 Å². The summed E-state index contributed by atoms with van der Waals surface area (Å²) in [4.78, 5) is 26.3. The lowest BCUT2D eigenvalue weighted by atomic mass is 9.73. The molecule has 1 saturated heterocycles. The van der Waals surface area contributed by atoms with Crippen molar-refractivity contribution in [3.8, 4) is 0 Å². The summed E-state index contributed by atoms with van der Waals surface area (Å²) in [5, 5.41) is 2.89. The number of halogens is 4. The van der Waals surface area contributed by atoms with Gasteiger partial charge in [-0.3, -0.25) is 9.59 Å². The van der Waals surface area contributed by atoms with Gasteiger partial charge in [0.25, 0.3) is 0 Å². The zero-order chi connectivity index (χ0) is 29.4. The van der Waals surface area contributed by atoms with E-state index in [0.29, 0.717) is 18.1 Å². The molecule has 1 aromatic rings. The van der Waals surface area contributed by atoms with Crippen molar-refractivity contribution in [2.75, 3.05) is 18.5 Å². The Morgan fingerprint density at radius 1 is 1.10 bits per heavy atom. The van der Waals surface area contributed by atoms with Gasteiger partial charge < -0.3 is 19.5 Å². The molecule has 220 valence electrons. The van der Waals surface area contributed by atoms with Crippen molar-refractivity contribution in [1.82, 2.24) is 0 Å². The molecule has 1 aromatic carbocycles. The molecule has 1 N–H and O–H groups in total. The first-order valence-corrected chi connectivity index (χ1v) is 14.1. The maximum atomic E-state index is 14.1. The number of carbonyl (C=O) groups excluding carboxylic acids is 2. The van der Waals surface area contributed by atoms with Crippen LogP contribution in [0.3, 0.4) is 0 Å². The lowest BCUT2D eigenvalue weighted by Crippen LogP contribution is -2.42. The number of carbonyl (C=O) groups is 2. The zero-order valence-corrected chi connectivity index (χ0v) is 24.2. The molecule has 4 rings (SSSR count). The number of hydrogen-bond donors (Lipinski definition) is 1. The molecular formula is C30H37ClF3NO5. The first-order valence-electron chi connectivity index (χ1n) is 13.7. The molecule has 40 heavy (non-hydrogen) atoms. The fourth-order valence-corrected chi connectivity index (χ4v) is 5.62. The molecule has 5 atom stereocenters. The van der Waals surface area contributed by atoms with Crippen LogP contribution in [-0.4, -0.2) is 36.9 Å². The van der Waals surface area contributed by atoms with Crippen LogP contribution in [0.25, 0.3) is 0 Å². The molecule has 2 aliphatic carbocycles. The van der Waals surface area contributed by atoms with Crippen LogP contribution in [0.5, 0.6) is 0 Å². The Morgan fingerprint density at radius 3 is 2.30 bits per heavy atom. The molecule has 6 nitrogen and oxygen atoms in total. The number of alkyl halides is 3. The van der Waals surface area contributed by atoms with Gasteiger partial charge in [0.1, 0.15) is 18.8 Å². The Morgan fingerprint density at radius 2 is 1.73 bits per heavy atom. The number of esters is 1. The summed E-state index contributed by atoms with van der Waals surface area (Å²) < 4.78 is 58.9. The molecule has 0 aromatic heterocycles. The van der Waals surface area contributed by atoms with E-state index in [1.54, 1.807) is 58.0 Å². The van der Waals surface area contributed by atoms with Crippen molar-refractivity contribution >= 4 is 29.2 Å². The fourth-order valence-electron chi connectivity index (χ4n) is 5.46. The molecular weight excluding hydrogens is 547 g/mol. The van der Waals surface area contributed by atoms with Crippen molar-refractivity contribution in [2.45, 2.75) is 71.6 Å². The van der Waals surface area contributed by atoms with E-state index in [0.717, 1.165) is 25.3 Å². The van der Waals surface area contributed by atoms with Gasteiger partial charge in [0, 0.05) is 0 Å². The third kappa shape index (κ3) is 7.33. The van der Waals surface area contributed by atoms with Crippen LogP contribution < -0.4 is 5.32 Å². The van der Waals surface area contributed by atoms with Gasteiger partial charge in [-0.2, -0.15) is 13.2 Å². The normalized spacial score (nSPS) is 23.3. The number of benzene rings is 1. The first-order chi connectivity index (χ1) is 18.6. The largest absolute Gasteiger partial charge is 0.486 e. The predicted octanol–water partition coefficient (Wildman–Crippen LogP) is 7.40. The topological polar surface area (TPSA) is 73.9 Å². The van der Waals surface area contributed by atoms with Crippen LogP contribution in [0.1, 0.15) is 65.4 Å². The van der Waals surface area contributed by atoms with Crippen molar-refractivity contribution < 1.29 is 37.0 Å². The highest BCUT2D eigenvalue weighted by Crippen LogP contribution is 2.47. The van der Waals surface area contributed by atoms with Gasteiger partial charge >= 0.3 is 12.1 Å². The highest BCUT2D eigenvalue weighted by atomic mass is 35.5. The van der Waals surface area contributed by atoms with Crippen molar-refractivity contribution in [3.63, 3.8) is 0 Å². The molecule has 1 saturated carbocycles. The van der Waals surface area contributed by atoms with Gasteiger partial charge in [-0.15, -0.1) is 0 Å². The van der Waals surface area contributed by atoms with Crippen molar-refractivity contribution in [1.29, 1.82) is 0 Å². The predicted molar refractivity (Wildman–Crippen MR) is 145 cm³/mol. The Kier molecular flexibility index (Phi) is 8.83. The molecule has 0 bridgehead atoms. The fraction of sp³-hybridized carbons (Fsp3) is 0.600. The summed E-state index contributed by atoms with van der Waals surface area (Å²) in [7, 11) is 0. The molecule has 1 aliphatic heterocycles. The van der Waals surface area contributed by atoms with E-state index in [1.807, 2.05) is 0 Å². The average Bonchev–Trinajstić information content (AvgIpc) is 3.68. The minimum atomic E-state index is -4.61. The Balaban J connectivity index is 1.60. The quantitative estimate of drug-likeness (QED) is 0.323. The first kappa shape index (κ1) is 30.3. The maximum Gasteiger partial charge on any atom is 0.392 e. The summed E-state index contributed by atoms with van der Waals surface area (Å²) >= 11 is 6.43. The standard InChI is InChI=1S/C30H37ClF3NO5/c1-16-12-24-25(39-11-10-38-24)14-20(16)27(17(2)30(32,33)34)28(37)35-23-13-19(8-9-22(23)31)21(18-6-7-18)15-26(36)40-29(3,4)5/h8-9,12-14,16-18,20-21,27H,6-7,10-11,15H2,1-5H3,(H,35,37)/t16?,17-,20?,21+,27+/m1/s1. The van der Waals surface area contributed by atoms with Gasteiger partial charge in [-0.25, -0.2) is 0 Å². The van der Waals surface area contributed by atoms with Gasteiger partial charge in [-0.1, -0.05) is 31.5 Å². The SMILES string of the molecule is CC1C=C2OCCOC2=CC1[C@@H](C(=O)Nc1cc([C@@H](CC(=O)OC(C)(C)C)C2CC2)ccc1Cl)[C@@H](C)C(F)(F)F. The zero-order valence-electron chi connectivity index (χ0n) is 23.4. The second-order valence-electron chi connectivity index (χ2n) is 12.0. The molecule has 2 unspecified atom stereocenters. The number of allylic oxidation sites excluding steroid dienone is 2. The van der Waals surface area contributed by atoms with Gasteiger partial charge in [0.05, 0.1) is 29.0 Å². The number of rotatable bonds is 8. The average molecular weight is 584 g/mol. The van der Waals surface area contributed by atoms with Gasteiger partial charge in [0.2, 0.25) is 5.91 Å². The summed E-state index contributed by atoms with van der Waals surface area (Å²) in [6.45, 7) is 8.83. The highest BCUT2D eigenvalue weighted by molar-refractivity contribution is 6.33. The van der Waals surface area contributed by atoms with Crippen LogP contribution in [0, 0.1) is 29.6 Å². The molecule has 1 amide bonds. The minimum absolute atomic E-state index is 0.150. The number of fused-ring (bicyclic) bond motifs is 1. The molecule has 0 radical (unpaired) electrons. The number of ether oxygens (including phenoxy) is 3. The number of anilines is 1. The summed E-state index contributed by atoms with van der Waals surface area (Å²) in [6, 6.07) is 5.07. The second-order valence-corrected chi connectivity index (χ2v) is 12.4. The number of nitrogens with one attached hydrogen (secondary N) is 1. The smallest absolute Gasteiger partial charge is 0.392 e. The van der Waals surface area contributed by atoms with Gasteiger partial charge in [-0.05, 0) is 87.1 Å². The van der Waals surface area contributed by atoms with Gasteiger partial charge in [0.15, 0.2) is 11.5 Å². The highest BCUT2D eigenvalue weighted by Gasteiger charge is 2.49. The van der Waals surface area contributed by atoms with Crippen molar-refractivity contribution in [3.05, 3.63) is 52.5 Å². The van der Waals surface area contributed by atoms with E-state index in [9.17, 15) is 22.8 Å². The molecule has 0 spiro atoms. The van der Waals surface area contributed by atoms with E-state index in [4.69, 9.17) is 25.8 Å². The van der Waals surface area contributed by atoms with Crippen LogP contribution >= 0.6 is 11.6 Å². The monoisotopic (exact) mass is 583 g/mol. The van der Waals surface area contributed by atoms with E-state index in [-0.39, 0.29) is 41.5 Å². The van der Waals surface area contributed by atoms with E-state index < -0.39 is 41.4 Å². The van der Waals surface area contributed by atoms with E-state index in [1.165, 1.54) is 0 Å². The van der Waals surface area contributed by atoms with E-state index in [2.05, 4.69) is 5.32 Å². The lowest BCUT2D eigenvalue weighted by Gasteiger charge is -2.36. The van der Waals surface area contributed by atoms with E-state index >= 15 is 0 Å². The third-order valence-electron chi connectivity index (χ3n) is 7.65. The number of amides is 1. The molecule has 1 heterocycles.